The van der Waals surface area contributed by atoms with Crippen molar-refractivity contribution in [3.63, 3.8) is 0 Å². The van der Waals surface area contributed by atoms with Gasteiger partial charge in [-0.05, 0) is 47.9 Å². The lowest BCUT2D eigenvalue weighted by Gasteiger charge is -2.05. The number of nitrogens with one attached hydrogen (secondary N) is 2. The second-order valence-electron chi connectivity index (χ2n) is 3.95. The molecule has 0 saturated heterocycles. The maximum Gasteiger partial charge on any atom is 0.267 e. The highest BCUT2D eigenvalue weighted by atomic mass is 32.2. The lowest BCUT2D eigenvalue weighted by Crippen LogP contribution is -2.14. The number of hydroxylamine groups is 1. The van der Waals surface area contributed by atoms with Crippen molar-refractivity contribution in [1.82, 2.24) is 5.48 Å². The molecule has 4 nitrogen and oxygen atoms in total. The number of hydrogen-bond donors (Lipinski definition) is 3. The van der Waals surface area contributed by atoms with E-state index in [1.165, 1.54) is 18.0 Å². The highest BCUT2D eigenvalue weighted by Gasteiger charge is 1.95. The van der Waals surface area contributed by atoms with Gasteiger partial charge in [-0.1, -0.05) is 30.3 Å². The van der Waals surface area contributed by atoms with E-state index >= 15 is 0 Å². The van der Waals surface area contributed by atoms with Gasteiger partial charge >= 0.3 is 0 Å². The Morgan fingerprint density at radius 1 is 1.05 bits per heavy atom. The minimum Gasteiger partial charge on any atom is -0.326 e. The minimum atomic E-state index is -0.549. The van der Waals surface area contributed by atoms with Crippen molar-refractivity contribution in [2.45, 2.75) is 4.90 Å². The minimum absolute atomic E-state index is 0.549. The van der Waals surface area contributed by atoms with E-state index in [0.29, 0.717) is 0 Å². The van der Waals surface area contributed by atoms with Gasteiger partial charge in [-0.25, -0.2) is 5.48 Å². The quantitative estimate of drug-likeness (QED) is 0.341. The van der Waals surface area contributed by atoms with Gasteiger partial charge in [0.2, 0.25) is 0 Å². The first-order valence-electron chi connectivity index (χ1n) is 5.98. The van der Waals surface area contributed by atoms with E-state index < -0.39 is 5.91 Å². The van der Waals surface area contributed by atoms with Crippen molar-refractivity contribution < 1.29 is 10.0 Å². The molecule has 0 spiro atoms. The van der Waals surface area contributed by atoms with Crippen LogP contribution in [0.5, 0.6) is 0 Å². The number of rotatable bonds is 5. The summed E-state index contributed by atoms with van der Waals surface area (Å²) in [6.45, 7) is 0. The number of amides is 1. The maximum absolute atomic E-state index is 10.8. The van der Waals surface area contributed by atoms with E-state index in [1.807, 2.05) is 54.6 Å². The van der Waals surface area contributed by atoms with E-state index in [1.54, 1.807) is 11.6 Å². The predicted octanol–water partition coefficient (Wildman–Crippen LogP) is 3.32. The Hall–Kier alpha value is -2.24. The molecule has 0 aliphatic heterocycles. The molecule has 2 rings (SSSR count). The van der Waals surface area contributed by atoms with Crippen LogP contribution in [-0.2, 0) is 4.79 Å². The molecule has 0 fully saturated rings. The molecule has 0 saturated carbocycles. The van der Waals surface area contributed by atoms with Gasteiger partial charge in [-0.3, -0.25) is 10.0 Å². The van der Waals surface area contributed by atoms with Crippen LogP contribution in [0.3, 0.4) is 0 Å². The Bertz CT molecular complexity index is 583. The third kappa shape index (κ3) is 4.46. The Balaban J connectivity index is 1.91. The van der Waals surface area contributed by atoms with Crippen LogP contribution < -0.4 is 10.2 Å². The van der Waals surface area contributed by atoms with Crippen LogP contribution in [0.25, 0.3) is 6.08 Å². The zero-order valence-corrected chi connectivity index (χ0v) is 11.4. The Morgan fingerprint density at radius 3 is 2.40 bits per heavy atom. The summed E-state index contributed by atoms with van der Waals surface area (Å²) in [6.07, 6.45) is 2.89. The second kappa shape index (κ2) is 7.37. The zero-order valence-electron chi connectivity index (χ0n) is 10.6. The molecule has 5 heteroatoms. The normalized spacial score (nSPS) is 10.4. The second-order valence-corrected chi connectivity index (χ2v) is 4.83. The largest absolute Gasteiger partial charge is 0.326 e. The molecule has 0 aromatic heterocycles. The van der Waals surface area contributed by atoms with Gasteiger partial charge in [0.15, 0.2) is 0 Å². The maximum atomic E-state index is 10.8. The summed E-state index contributed by atoms with van der Waals surface area (Å²) in [5.41, 5.74) is 3.40. The average molecular weight is 286 g/mol. The molecule has 0 bridgehead atoms. The molecule has 2 aromatic carbocycles. The summed E-state index contributed by atoms with van der Waals surface area (Å²) in [5, 5.41) is 8.37. The van der Waals surface area contributed by atoms with Crippen molar-refractivity contribution in [2.24, 2.45) is 0 Å². The summed E-state index contributed by atoms with van der Waals surface area (Å²) in [5.74, 6) is -0.549. The van der Waals surface area contributed by atoms with Crippen molar-refractivity contribution in [3.05, 3.63) is 66.2 Å². The summed E-state index contributed by atoms with van der Waals surface area (Å²) in [7, 11) is 0. The molecule has 1 amide bonds. The number of anilines is 1. The summed E-state index contributed by atoms with van der Waals surface area (Å²) < 4.78 is 3.24. The molecule has 3 N–H and O–H groups in total. The lowest BCUT2D eigenvalue weighted by molar-refractivity contribution is -0.124. The molecule has 0 heterocycles. The van der Waals surface area contributed by atoms with Gasteiger partial charge in [0.05, 0.1) is 0 Å². The molecule has 102 valence electrons. The summed E-state index contributed by atoms with van der Waals surface area (Å²) in [6, 6.07) is 17.6. The number of carbonyl (C=O) groups is 1. The van der Waals surface area contributed by atoms with Crippen LogP contribution in [0.15, 0.2) is 65.6 Å². The van der Waals surface area contributed by atoms with Gasteiger partial charge in [-0.15, -0.1) is 0 Å². The average Bonchev–Trinajstić information content (AvgIpc) is 2.52. The van der Waals surface area contributed by atoms with Gasteiger partial charge < -0.3 is 4.72 Å². The molecule has 2 aromatic rings. The number of benzene rings is 2. The fraction of sp³-hybridized carbons (Fsp3) is 0. The first-order chi connectivity index (χ1) is 9.78. The molecule has 20 heavy (non-hydrogen) atoms. The van der Waals surface area contributed by atoms with E-state index in [4.69, 9.17) is 5.21 Å². The third-order valence-corrected chi connectivity index (χ3v) is 3.32. The molecule has 0 unspecified atom stereocenters. The smallest absolute Gasteiger partial charge is 0.267 e. The standard InChI is InChI=1S/C15H14N2O2S/c18-15(16-19)11-8-12-6-9-13(10-7-12)17-20-14-4-2-1-3-5-14/h1-11,17,19H,(H,16,18)/b11-8+. The first kappa shape index (κ1) is 14.2. The number of hydrogen-bond acceptors (Lipinski definition) is 4. The topological polar surface area (TPSA) is 61.4 Å². The lowest BCUT2D eigenvalue weighted by atomic mass is 10.2. The summed E-state index contributed by atoms with van der Waals surface area (Å²) in [4.78, 5) is 12.0. The first-order valence-corrected chi connectivity index (χ1v) is 6.80. The van der Waals surface area contributed by atoms with Crippen molar-refractivity contribution in [1.29, 1.82) is 0 Å². The monoisotopic (exact) mass is 286 g/mol. The van der Waals surface area contributed by atoms with Crippen LogP contribution in [-0.4, -0.2) is 11.1 Å². The third-order valence-electron chi connectivity index (χ3n) is 2.48. The molecular weight excluding hydrogens is 272 g/mol. The van der Waals surface area contributed by atoms with Crippen LogP contribution in [0, 0.1) is 0 Å². The van der Waals surface area contributed by atoms with E-state index in [0.717, 1.165) is 16.1 Å². The molecule has 0 atom stereocenters. The fourth-order valence-corrected chi connectivity index (χ4v) is 2.14. The van der Waals surface area contributed by atoms with Gasteiger partial charge in [-0.2, -0.15) is 0 Å². The van der Waals surface area contributed by atoms with E-state index in [9.17, 15) is 4.79 Å². The molecule has 0 aliphatic carbocycles. The van der Waals surface area contributed by atoms with Gasteiger partial charge in [0.1, 0.15) is 0 Å². The SMILES string of the molecule is O=C(/C=C/c1ccc(NSc2ccccc2)cc1)NO. The highest BCUT2D eigenvalue weighted by molar-refractivity contribution is 8.00. The zero-order chi connectivity index (χ0) is 14.2. The number of carbonyl (C=O) groups excluding carboxylic acids is 1. The molecular formula is C15H14N2O2S. The van der Waals surface area contributed by atoms with Crippen LogP contribution in [0.1, 0.15) is 5.56 Å². The summed E-state index contributed by atoms with van der Waals surface area (Å²) >= 11 is 1.54. The Labute approximate surface area is 121 Å². The highest BCUT2D eigenvalue weighted by Crippen LogP contribution is 2.21. The molecule has 0 radical (unpaired) electrons. The Kier molecular flexibility index (Phi) is 5.23. The Morgan fingerprint density at radius 2 is 1.75 bits per heavy atom. The molecule has 0 aliphatic rings. The van der Waals surface area contributed by atoms with Crippen molar-refractivity contribution in [3.8, 4) is 0 Å². The van der Waals surface area contributed by atoms with Gasteiger partial charge in [0, 0.05) is 16.7 Å². The van der Waals surface area contributed by atoms with Crippen LogP contribution >= 0.6 is 11.9 Å². The van der Waals surface area contributed by atoms with E-state index in [2.05, 4.69) is 4.72 Å². The predicted molar refractivity (Wildman–Crippen MR) is 81.3 cm³/mol. The van der Waals surface area contributed by atoms with Crippen LogP contribution in [0.4, 0.5) is 5.69 Å². The fourth-order valence-electron chi connectivity index (χ4n) is 1.48. The van der Waals surface area contributed by atoms with Crippen LogP contribution in [0.2, 0.25) is 0 Å². The van der Waals surface area contributed by atoms with Crippen molar-refractivity contribution >= 4 is 29.6 Å². The van der Waals surface area contributed by atoms with Gasteiger partial charge in [0.25, 0.3) is 5.91 Å². The van der Waals surface area contributed by atoms with Crippen molar-refractivity contribution in [2.75, 3.05) is 4.72 Å². The van der Waals surface area contributed by atoms with E-state index in [-0.39, 0.29) is 0 Å².